The number of nitrogens with zero attached hydrogens (tertiary/aromatic N) is 4. The number of piperidine rings is 1. The van der Waals surface area contributed by atoms with Crippen LogP contribution in [0.3, 0.4) is 0 Å². The van der Waals surface area contributed by atoms with Crippen LogP contribution in [0.15, 0.2) is 43.2 Å². The number of hydrogen-bond donors (Lipinski definition) is 1. The first kappa shape index (κ1) is 17.3. The summed E-state index contributed by atoms with van der Waals surface area (Å²) in [6.45, 7) is 7.69. The Morgan fingerprint density at radius 2 is 2.14 bits per heavy atom. The highest BCUT2D eigenvalue weighted by Crippen LogP contribution is 2.32. The van der Waals surface area contributed by atoms with Crippen molar-refractivity contribution < 1.29 is 4.74 Å². The minimum absolute atomic E-state index is 0.461. The first-order valence-corrected chi connectivity index (χ1v) is 10.0. The molecule has 0 radical (unpaired) electrons. The molecular formula is C22H25N5O. The molecule has 1 saturated heterocycles. The van der Waals surface area contributed by atoms with Gasteiger partial charge in [-0.2, -0.15) is 5.10 Å². The average Bonchev–Trinajstić information content (AvgIpc) is 3.15. The summed E-state index contributed by atoms with van der Waals surface area (Å²) in [7, 11) is 0. The molecule has 0 amide bonds. The predicted octanol–water partition coefficient (Wildman–Crippen LogP) is 3.70. The quantitative estimate of drug-likeness (QED) is 0.703. The normalized spacial score (nSPS) is 20.1. The molecule has 4 bridgehead atoms. The molecule has 4 heterocycles. The van der Waals surface area contributed by atoms with Gasteiger partial charge in [0.2, 0.25) is 0 Å². The Kier molecular flexibility index (Phi) is 4.49. The Balaban J connectivity index is 1.61. The number of nitrogens with one attached hydrogen (secondary N) is 1. The second kappa shape index (κ2) is 7.28. The molecule has 1 atom stereocenters. The zero-order valence-corrected chi connectivity index (χ0v) is 16.0. The van der Waals surface area contributed by atoms with Crippen LogP contribution < -0.4 is 10.1 Å². The minimum atomic E-state index is 0.461. The van der Waals surface area contributed by atoms with Gasteiger partial charge in [0.05, 0.1) is 6.20 Å². The molecule has 2 aliphatic rings. The van der Waals surface area contributed by atoms with Crippen LogP contribution in [0.4, 0.5) is 5.82 Å². The molecule has 144 valence electrons. The minimum Gasteiger partial charge on any atom is -0.492 e. The van der Waals surface area contributed by atoms with Gasteiger partial charge in [0.25, 0.3) is 0 Å². The van der Waals surface area contributed by atoms with E-state index in [2.05, 4.69) is 34.0 Å². The smallest absolute Gasteiger partial charge is 0.165 e. The maximum absolute atomic E-state index is 6.24. The van der Waals surface area contributed by atoms with E-state index in [1.807, 2.05) is 35.1 Å². The molecule has 6 nitrogen and oxygen atoms in total. The van der Waals surface area contributed by atoms with Crippen molar-refractivity contribution >= 4 is 17.5 Å². The van der Waals surface area contributed by atoms with Gasteiger partial charge in [0, 0.05) is 30.9 Å². The van der Waals surface area contributed by atoms with Crippen LogP contribution in [0.25, 0.3) is 22.9 Å². The highest BCUT2D eigenvalue weighted by molar-refractivity contribution is 5.84. The third-order valence-corrected chi connectivity index (χ3v) is 5.80. The van der Waals surface area contributed by atoms with Crippen molar-refractivity contribution in [2.45, 2.75) is 25.3 Å². The van der Waals surface area contributed by atoms with E-state index in [-0.39, 0.29) is 0 Å². The molecule has 0 spiro atoms. The Labute approximate surface area is 164 Å². The Morgan fingerprint density at radius 1 is 1.18 bits per heavy atom. The molecule has 1 fully saturated rings. The van der Waals surface area contributed by atoms with Gasteiger partial charge in [0.15, 0.2) is 5.65 Å². The van der Waals surface area contributed by atoms with Crippen LogP contribution in [-0.2, 0) is 0 Å². The van der Waals surface area contributed by atoms with Crippen molar-refractivity contribution in [1.29, 1.82) is 0 Å². The average molecular weight is 375 g/mol. The molecule has 6 heteroatoms. The fourth-order valence-electron chi connectivity index (χ4n) is 4.26. The van der Waals surface area contributed by atoms with Gasteiger partial charge in [0.1, 0.15) is 18.2 Å². The van der Waals surface area contributed by atoms with Gasteiger partial charge in [-0.3, -0.25) is 4.90 Å². The summed E-state index contributed by atoms with van der Waals surface area (Å²) >= 11 is 0. The Hall–Kier alpha value is -2.86. The van der Waals surface area contributed by atoms with Gasteiger partial charge < -0.3 is 10.1 Å². The van der Waals surface area contributed by atoms with Crippen LogP contribution in [0, 0.1) is 0 Å². The molecule has 5 rings (SSSR count). The molecule has 0 saturated carbocycles. The molecule has 3 aromatic rings. The number of benzene rings is 1. The maximum Gasteiger partial charge on any atom is 0.165 e. The number of rotatable bonds is 1. The molecule has 1 N–H and O–H groups in total. The summed E-state index contributed by atoms with van der Waals surface area (Å²) in [5, 5.41) is 7.97. The van der Waals surface area contributed by atoms with E-state index < -0.39 is 0 Å². The number of ether oxygens (including phenoxy) is 1. The number of hydrogen-bond acceptors (Lipinski definition) is 5. The monoisotopic (exact) mass is 375 g/mol. The van der Waals surface area contributed by atoms with Crippen molar-refractivity contribution in [3.05, 3.63) is 48.8 Å². The van der Waals surface area contributed by atoms with Gasteiger partial charge in [-0.15, -0.1) is 0 Å². The van der Waals surface area contributed by atoms with Crippen molar-refractivity contribution in [3.8, 4) is 16.9 Å². The topological polar surface area (TPSA) is 54.7 Å². The summed E-state index contributed by atoms with van der Waals surface area (Å²) in [6.07, 6.45) is 9.42. The van der Waals surface area contributed by atoms with Crippen LogP contribution >= 0.6 is 0 Å². The lowest BCUT2D eigenvalue weighted by Gasteiger charge is -2.35. The second-order valence-corrected chi connectivity index (χ2v) is 7.52. The van der Waals surface area contributed by atoms with Gasteiger partial charge >= 0.3 is 0 Å². The van der Waals surface area contributed by atoms with E-state index in [0.29, 0.717) is 6.04 Å². The summed E-state index contributed by atoms with van der Waals surface area (Å²) < 4.78 is 8.06. The largest absolute Gasteiger partial charge is 0.492 e. The highest BCUT2D eigenvalue weighted by atomic mass is 16.5. The van der Waals surface area contributed by atoms with Crippen molar-refractivity contribution in [1.82, 2.24) is 19.5 Å². The first-order chi connectivity index (χ1) is 13.8. The number of aromatic nitrogens is 3. The van der Waals surface area contributed by atoms with E-state index in [0.717, 1.165) is 60.1 Å². The van der Waals surface area contributed by atoms with E-state index in [1.165, 1.54) is 19.3 Å². The molecule has 0 aliphatic carbocycles. The predicted molar refractivity (Wildman–Crippen MR) is 112 cm³/mol. The number of anilines is 1. The lowest BCUT2D eigenvalue weighted by molar-refractivity contribution is 0.104. The molecule has 28 heavy (non-hydrogen) atoms. The van der Waals surface area contributed by atoms with Crippen LogP contribution in [0.2, 0.25) is 0 Å². The summed E-state index contributed by atoms with van der Waals surface area (Å²) in [4.78, 5) is 7.38. The molecule has 2 aliphatic heterocycles. The lowest BCUT2D eigenvalue weighted by Crippen LogP contribution is -2.45. The van der Waals surface area contributed by atoms with E-state index >= 15 is 0 Å². The summed E-state index contributed by atoms with van der Waals surface area (Å²) in [6, 6.07) is 8.63. The third-order valence-electron chi connectivity index (χ3n) is 5.80. The van der Waals surface area contributed by atoms with Crippen molar-refractivity contribution in [2.24, 2.45) is 0 Å². The van der Waals surface area contributed by atoms with E-state index in [1.54, 1.807) is 0 Å². The van der Waals surface area contributed by atoms with E-state index in [9.17, 15) is 0 Å². The fourth-order valence-corrected chi connectivity index (χ4v) is 4.26. The lowest BCUT2D eigenvalue weighted by atomic mass is 10.0. The second-order valence-electron chi connectivity index (χ2n) is 7.52. The zero-order valence-electron chi connectivity index (χ0n) is 16.0. The highest BCUT2D eigenvalue weighted by Gasteiger charge is 2.23. The van der Waals surface area contributed by atoms with Gasteiger partial charge in [-0.05, 0) is 48.7 Å². The molecule has 0 unspecified atom stereocenters. The van der Waals surface area contributed by atoms with Crippen LogP contribution in [-0.4, -0.2) is 51.8 Å². The van der Waals surface area contributed by atoms with Gasteiger partial charge in [-0.1, -0.05) is 25.1 Å². The first-order valence-electron chi connectivity index (χ1n) is 10.0. The zero-order chi connectivity index (χ0) is 18.9. The van der Waals surface area contributed by atoms with E-state index in [4.69, 9.17) is 9.72 Å². The van der Waals surface area contributed by atoms with Crippen molar-refractivity contribution in [2.75, 3.05) is 31.6 Å². The Bertz CT molecular complexity index is 1010. The van der Waals surface area contributed by atoms with Crippen LogP contribution in [0.1, 0.15) is 24.8 Å². The van der Waals surface area contributed by atoms with Crippen LogP contribution in [0.5, 0.6) is 5.75 Å². The van der Waals surface area contributed by atoms with Gasteiger partial charge in [-0.25, -0.2) is 9.50 Å². The molecular weight excluding hydrogens is 350 g/mol. The molecule has 1 aromatic carbocycles. The Morgan fingerprint density at radius 3 is 3.07 bits per heavy atom. The summed E-state index contributed by atoms with van der Waals surface area (Å²) in [5.41, 5.74) is 3.91. The SMILES string of the molecule is C=Cc1ccc2cc1-c1cnn3ccc(nc13)NCCN1CCCC[C@H]1CO2. The number of fused-ring (bicyclic) bond motifs is 5. The standard InChI is InChI=1S/C22H25N5O/c1-2-16-6-7-18-13-19(16)20-14-24-27-11-8-21(25-22(20)27)23-9-12-26-10-4-3-5-17(26)15-28-18/h2,6-8,11,13-14,17H,1,3-5,9-10,12,15H2,(H,23,25)/t17-/m0/s1. The molecule has 2 aromatic heterocycles. The maximum atomic E-state index is 6.24. The summed E-state index contributed by atoms with van der Waals surface area (Å²) in [5.74, 6) is 1.77. The third kappa shape index (κ3) is 3.14. The van der Waals surface area contributed by atoms with Crippen molar-refractivity contribution in [3.63, 3.8) is 0 Å². The fraction of sp³-hybridized carbons (Fsp3) is 0.364.